The van der Waals surface area contributed by atoms with Gasteiger partial charge in [0.25, 0.3) is 5.56 Å². The van der Waals surface area contributed by atoms with E-state index in [2.05, 4.69) is 5.16 Å². The molecule has 0 bridgehead atoms. The summed E-state index contributed by atoms with van der Waals surface area (Å²) >= 11 is 0. The quantitative estimate of drug-likeness (QED) is 0.844. The average molecular weight is 219 g/mol. The standard InChI is InChI=1S/C12H13NO3/c14-12-11-9(15-8-4-1-2-5-8)6-3-7-10(11)16-13-12/h3,6-8H,1-2,4-5H2,(H,13,14). The van der Waals surface area contributed by atoms with Gasteiger partial charge in [-0.15, -0.1) is 0 Å². The third kappa shape index (κ3) is 1.50. The lowest BCUT2D eigenvalue weighted by Crippen LogP contribution is -2.12. The number of ether oxygens (including phenoxy) is 1. The fraction of sp³-hybridized carbons (Fsp3) is 0.417. The summed E-state index contributed by atoms with van der Waals surface area (Å²) < 4.78 is 10.9. The van der Waals surface area contributed by atoms with Crippen LogP contribution >= 0.6 is 0 Å². The highest BCUT2D eigenvalue weighted by Crippen LogP contribution is 2.28. The van der Waals surface area contributed by atoms with E-state index in [1.165, 1.54) is 12.8 Å². The molecule has 1 saturated carbocycles. The number of benzene rings is 1. The van der Waals surface area contributed by atoms with E-state index in [4.69, 9.17) is 9.26 Å². The molecule has 1 aliphatic rings. The van der Waals surface area contributed by atoms with E-state index in [0.29, 0.717) is 16.7 Å². The van der Waals surface area contributed by atoms with Crippen LogP contribution in [0.25, 0.3) is 11.0 Å². The predicted octanol–water partition coefficient (Wildman–Crippen LogP) is 2.44. The number of nitrogens with one attached hydrogen (secondary N) is 1. The van der Waals surface area contributed by atoms with Gasteiger partial charge in [-0.25, -0.2) is 0 Å². The minimum absolute atomic E-state index is 0.219. The largest absolute Gasteiger partial charge is 0.489 e. The Morgan fingerprint density at radius 1 is 1.31 bits per heavy atom. The molecule has 0 radical (unpaired) electrons. The van der Waals surface area contributed by atoms with E-state index in [-0.39, 0.29) is 11.7 Å². The molecule has 0 saturated heterocycles. The average Bonchev–Trinajstić information content (AvgIpc) is 2.90. The van der Waals surface area contributed by atoms with Gasteiger partial charge in [-0.05, 0) is 37.8 Å². The number of aromatic amines is 1. The van der Waals surface area contributed by atoms with E-state index in [1.807, 2.05) is 12.1 Å². The zero-order valence-electron chi connectivity index (χ0n) is 8.86. The van der Waals surface area contributed by atoms with Crippen LogP contribution in [0.1, 0.15) is 25.7 Å². The van der Waals surface area contributed by atoms with Crippen molar-refractivity contribution in [1.82, 2.24) is 5.16 Å². The van der Waals surface area contributed by atoms with Crippen molar-refractivity contribution in [2.24, 2.45) is 0 Å². The third-order valence-corrected chi connectivity index (χ3v) is 3.06. The Labute approximate surface area is 92.2 Å². The smallest absolute Gasteiger partial charge is 0.291 e. The zero-order valence-corrected chi connectivity index (χ0v) is 8.86. The van der Waals surface area contributed by atoms with E-state index >= 15 is 0 Å². The van der Waals surface area contributed by atoms with Crippen molar-refractivity contribution in [1.29, 1.82) is 0 Å². The molecule has 0 aliphatic heterocycles. The molecule has 4 heteroatoms. The van der Waals surface area contributed by atoms with Gasteiger partial charge < -0.3 is 9.26 Å². The van der Waals surface area contributed by atoms with Crippen LogP contribution in [0.2, 0.25) is 0 Å². The van der Waals surface area contributed by atoms with E-state index < -0.39 is 0 Å². The van der Waals surface area contributed by atoms with Gasteiger partial charge in [0, 0.05) is 0 Å². The molecule has 84 valence electrons. The van der Waals surface area contributed by atoms with Crippen molar-refractivity contribution < 1.29 is 9.26 Å². The molecule has 1 aromatic heterocycles. The molecule has 1 fully saturated rings. The lowest BCUT2D eigenvalue weighted by atomic mass is 10.2. The molecule has 0 spiro atoms. The Balaban J connectivity index is 2.01. The number of aromatic nitrogens is 1. The Hall–Kier alpha value is -1.71. The maximum absolute atomic E-state index is 11.5. The molecule has 16 heavy (non-hydrogen) atoms. The topological polar surface area (TPSA) is 55.2 Å². The minimum Gasteiger partial charge on any atom is -0.489 e. The summed E-state index contributed by atoms with van der Waals surface area (Å²) in [5.41, 5.74) is 0.337. The normalized spacial score (nSPS) is 17.0. The Kier molecular flexibility index (Phi) is 2.20. The predicted molar refractivity (Wildman–Crippen MR) is 59.7 cm³/mol. The molecule has 0 amide bonds. The van der Waals surface area contributed by atoms with Crippen LogP contribution in [0, 0.1) is 0 Å². The molecular weight excluding hydrogens is 206 g/mol. The molecule has 1 aliphatic carbocycles. The summed E-state index contributed by atoms with van der Waals surface area (Å²) in [4.78, 5) is 11.5. The summed E-state index contributed by atoms with van der Waals surface area (Å²) in [7, 11) is 0. The van der Waals surface area contributed by atoms with Crippen molar-refractivity contribution in [3.05, 3.63) is 28.6 Å². The molecule has 3 rings (SSSR count). The molecular formula is C12H13NO3. The van der Waals surface area contributed by atoms with Crippen LogP contribution < -0.4 is 10.3 Å². The highest BCUT2D eigenvalue weighted by atomic mass is 16.5. The van der Waals surface area contributed by atoms with Gasteiger partial charge in [0.1, 0.15) is 11.1 Å². The SMILES string of the molecule is O=c1[nH]oc2cccc(OC3CCCC3)c12. The van der Waals surface area contributed by atoms with Crippen LogP contribution in [-0.2, 0) is 0 Å². The van der Waals surface area contributed by atoms with E-state index in [9.17, 15) is 4.79 Å². The van der Waals surface area contributed by atoms with Gasteiger partial charge in [-0.2, -0.15) is 5.16 Å². The fourth-order valence-electron chi connectivity index (χ4n) is 2.26. The highest BCUT2D eigenvalue weighted by molar-refractivity contribution is 5.82. The fourth-order valence-corrected chi connectivity index (χ4v) is 2.26. The maximum atomic E-state index is 11.5. The maximum Gasteiger partial charge on any atom is 0.291 e. The summed E-state index contributed by atoms with van der Waals surface area (Å²) in [6.45, 7) is 0. The highest BCUT2D eigenvalue weighted by Gasteiger charge is 2.19. The Bertz CT molecular complexity index is 549. The van der Waals surface area contributed by atoms with Crippen LogP contribution in [0.3, 0.4) is 0 Å². The van der Waals surface area contributed by atoms with Crippen LogP contribution in [-0.4, -0.2) is 11.3 Å². The van der Waals surface area contributed by atoms with Crippen LogP contribution in [0.5, 0.6) is 5.75 Å². The Morgan fingerprint density at radius 3 is 2.94 bits per heavy atom. The van der Waals surface area contributed by atoms with Gasteiger partial charge in [0.2, 0.25) is 0 Å². The van der Waals surface area contributed by atoms with Gasteiger partial charge in [-0.1, -0.05) is 6.07 Å². The van der Waals surface area contributed by atoms with Crippen molar-refractivity contribution >= 4 is 11.0 Å². The molecule has 0 atom stereocenters. The molecule has 4 nitrogen and oxygen atoms in total. The first kappa shape index (κ1) is 9.51. The van der Waals surface area contributed by atoms with Crippen molar-refractivity contribution in [2.45, 2.75) is 31.8 Å². The van der Waals surface area contributed by atoms with E-state index in [1.54, 1.807) is 6.07 Å². The van der Waals surface area contributed by atoms with Gasteiger partial charge in [0.05, 0.1) is 6.10 Å². The van der Waals surface area contributed by atoms with Crippen molar-refractivity contribution in [3.63, 3.8) is 0 Å². The third-order valence-electron chi connectivity index (χ3n) is 3.06. The van der Waals surface area contributed by atoms with Gasteiger partial charge in [-0.3, -0.25) is 4.79 Å². The number of hydrogen-bond acceptors (Lipinski definition) is 3. The second-order valence-electron chi connectivity index (χ2n) is 4.19. The van der Waals surface area contributed by atoms with Crippen LogP contribution in [0.4, 0.5) is 0 Å². The van der Waals surface area contributed by atoms with Crippen molar-refractivity contribution in [3.8, 4) is 5.75 Å². The zero-order chi connectivity index (χ0) is 11.0. The number of hydrogen-bond donors (Lipinski definition) is 1. The second-order valence-corrected chi connectivity index (χ2v) is 4.19. The first-order valence-corrected chi connectivity index (χ1v) is 5.61. The lowest BCUT2D eigenvalue weighted by Gasteiger charge is -2.12. The molecule has 1 aromatic carbocycles. The number of H-pyrrole nitrogens is 1. The summed E-state index contributed by atoms with van der Waals surface area (Å²) in [5, 5.41) is 2.85. The Morgan fingerprint density at radius 2 is 2.12 bits per heavy atom. The first-order valence-electron chi connectivity index (χ1n) is 5.61. The van der Waals surface area contributed by atoms with Gasteiger partial charge >= 0.3 is 0 Å². The van der Waals surface area contributed by atoms with Gasteiger partial charge in [0.15, 0.2) is 5.58 Å². The van der Waals surface area contributed by atoms with Crippen molar-refractivity contribution in [2.75, 3.05) is 0 Å². The number of fused-ring (bicyclic) bond motifs is 1. The molecule has 1 heterocycles. The molecule has 2 aromatic rings. The summed E-state index contributed by atoms with van der Waals surface area (Å²) in [5.74, 6) is 0.638. The number of rotatable bonds is 2. The summed E-state index contributed by atoms with van der Waals surface area (Å²) in [6.07, 6.45) is 4.82. The lowest BCUT2D eigenvalue weighted by molar-refractivity contribution is 0.212. The first-order chi connectivity index (χ1) is 7.84. The summed E-state index contributed by atoms with van der Waals surface area (Å²) in [6, 6.07) is 5.42. The molecule has 0 unspecified atom stereocenters. The monoisotopic (exact) mass is 219 g/mol. The minimum atomic E-state index is -0.219. The van der Waals surface area contributed by atoms with E-state index in [0.717, 1.165) is 12.8 Å². The van der Waals surface area contributed by atoms with Crippen LogP contribution in [0.15, 0.2) is 27.5 Å². The second kappa shape index (κ2) is 3.70. The molecule has 1 N–H and O–H groups in total.